The zero-order valence-electron chi connectivity index (χ0n) is 14.7. The number of rotatable bonds is 15. The summed E-state index contributed by atoms with van der Waals surface area (Å²) in [6, 6.07) is 0. The van der Waals surface area contributed by atoms with Crippen molar-refractivity contribution in [2.75, 3.05) is 0 Å². The molecule has 2 heteroatoms. The van der Waals surface area contributed by atoms with Crippen LogP contribution in [0.1, 0.15) is 117 Å². The SMILES string of the molecule is CCCCCCCCCCCCCCCCCC.[Cl-].[Na+]. The Bertz CT molecular complexity index is 123. The van der Waals surface area contributed by atoms with Crippen molar-refractivity contribution in [1.82, 2.24) is 0 Å². The summed E-state index contributed by atoms with van der Waals surface area (Å²) < 4.78 is 0. The van der Waals surface area contributed by atoms with Crippen molar-refractivity contribution in [3.8, 4) is 0 Å². The quantitative estimate of drug-likeness (QED) is 0.316. The average Bonchev–Trinajstić information content (AvgIpc) is 2.39. The third-order valence-corrected chi connectivity index (χ3v) is 3.96. The molecule has 0 heterocycles. The molecule has 20 heavy (non-hydrogen) atoms. The molecule has 0 atom stereocenters. The van der Waals surface area contributed by atoms with E-state index in [-0.39, 0.29) is 42.0 Å². The summed E-state index contributed by atoms with van der Waals surface area (Å²) >= 11 is 0. The van der Waals surface area contributed by atoms with Gasteiger partial charge in [0.25, 0.3) is 0 Å². The Hall–Kier alpha value is 1.29. The van der Waals surface area contributed by atoms with E-state index in [1.807, 2.05) is 0 Å². The number of halogens is 1. The Morgan fingerprint density at radius 3 is 0.650 bits per heavy atom. The molecular weight excluding hydrogens is 275 g/mol. The molecule has 0 N–H and O–H groups in total. The first-order valence-corrected chi connectivity index (χ1v) is 8.91. The minimum atomic E-state index is 0. The van der Waals surface area contributed by atoms with E-state index >= 15 is 0 Å². The van der Waals surface area contributed by atoms with Crippen LogP contribution in [-0.2, 0) is 0 Å². The molecular formula is C18H38ClNa. The summed E-state index contributed by atoms with van der Waals surface area (Å²) in [5.41, 5.74) is 0. The normalized spacial score (nSPS) is 9.90. The molecule has 0 amide bonds. The summed E-state index contributed by atoms with van der Waals surface area (Å²) in [6.45, 7) is 4.59. The molecule has 0 radical (unpaired) electrons. The van der Waals surface area contributed by atoms with Gasteiger partial charge in [0.1, 0.15) is 0 Å². The van der Waals surface area contributed by atoms with Gasteiger partial charge >= 0.3 is 29.6 Å². The Kier molecular flexibility index (Phi) is 33.1. The zero-order chi connectivity index (χ0) is 13.3. The monoisotopic (exact) mass is 312 g/mol. The van der Waals surface area contributed by atoms with Gasteiger partial charge in [0.2, 0.25) is 0 Å². The molecule has 0 spiro atoms. The number of unbranched alkanes of at least 4 members (excludes halogenated alkanes) is 15. The number of hydrogen-bond donors (Lipinski definition) is 0. The topological polar surface area (TPSA) is 0 Å². The molecule has 0 aliphatic heterocycles. The molecule has 0 rings (SSSR count). The number of hydrogen-bond acceptors (Lipinski definition) is 0. The Balaban J connectivity index is -0.00000144. The predicted octanol–water partition coefficient (Wildman–Crippen LogP) is 1.28. The van der Waals surface area contributed by atoms with E-state index in [1.165, 1.54) is 103 Å². The van der Waals surface area contributed by atoms with Crippen molar-refractivity contribution in [3.05, 3.63) is 0 Å². The Morgan fingerprint density at radius 1 is 0.350 bits per heavy atom. The fraction of sp³-hybridized carbons (Fsp3) is 1.00. The zero-order valence-corrected chi connectivity index (χ0v) is 17.4. The Morgan fingerprint density at radius 2 is 0.500 bits per heavy atom. The van der Waals surface area contributed by atoms with Gasteiger partial charge in [0.15, 0.2) is 0 Å². The van der Waals surface area contributed by atoms with Gasteiger partial charge in [-0.05, 0) is 0 Å². The first-order valence-electron chi connectivity index (χ1n) is 8.91. The van der Waals surface area contributed by atoms with E-state index in [9.17, 15) is 0 Å². The van der Waals surface area contributed by atoms with Gasteiger partial charge in [0.05, 0.1) is 0 Å². The standard InChI is InChI=1S/C18H38.ClH.Na/c1-3-5-7-9-11-13-15-17-18-16-14-12-10-8-6-4-2;;/h3-18H2,1-2H3;1H;/q;;+1/p-1. The summed E-state index contributed by atoms with van der Waals surface area (Å²) in [5.74, 6) is 0. The summed E-state index contributed by atoms with van der Waals surface area (Å²) in [7, 11) is 0. The summed E-state index contributed by atoms with van der Waals surface area (Å²) in [4.78, 5) is 0. The molecule has 0 aliphatic carbocycles. The van der Waals surface area contributed by atoms with Crippen LogP contribution in [0.4, 0.5) is 0 Å². The van der Waals surface area contributed by atoms with Gasteiger partial charge in [-0.2, -0.15) is 0 Å². The van der Waals surface area contributed by atoms with Crippen LogP contribution in [0.2, 0.25) is 0 Å². The summed E-state index contributed by atoms with van der Waals surface area (Å²) in [6.07, 6.45) is 23.4. The largest absolute Gasteiger partial charge is 1.00 e. The van der Waals surface area contributed by atoms with Crippen molar-refractivity contribution in [2.24, 2.45) is 0 Å². The first kappa shape index (κ1) is 26.2. The summed E-state index contributed by atoms with van der Waals surface area (Å²) in [5, 5.41) is 0. The van der Waals surface area contributed by atoms with E-state index < -0.39 is 0 Å². The van der Waals surface area contributed by atoms with E-state index in [0.717, 1.165) is 0 Å². The molecule has 0 aromatic carbocycles. The maximum Gasteiger partial charge on any atom is 1.00 e. The van der Waals surface area contributed by atoms with E-state index in [2.05, 4.69) is 13.8 Å². The molecule has 0 aliphatic rings. The predicted molar refractivity (Wildman–Crippen MR) is 85.2 cm³/mol. The van der Waals surface area contributed by atoms with Gasteiger partial charge in [-0.25, -0.2) is 0 Å². The third kappa shape index (κ3) is 24.3. The molecule has 0 saturated carbocycles. The molecule has 0 nitrogen and oxygen atoms in total. The van der Waals surface area contributed by atoms with Crippen LogP contribution in [0, 0.1) is 0 Å². The fourth-order valence-electron chi connectivity index (χ4n) is 2.62. The fourth-order valence-corrected chi connectivity index (χ4v) is 2.62. The minimum Gasteiger partial charge on any atom is -1.00 e. The maximum absolute atomic E-state index is 2.29. The van der Waals surface area contributed by atoms with Crippen LogP contribution in [0.3, 0.4) is 0 Å². The second-order valence-electron chi connectivity index (χ2n) is 5.95. The molecule has 0 fully saturated rings. The van der Waals surface area contributed by atoms with Crippen molar-refractivity contribution in [3.63, 3.8) is 0 Å². The first-order chi connectivity index (χ1) is 8.91. The van der Waals surface area contributed by atoms with Crippen molar-refractivity contribution in [1.29, 1.82) is 0 Å². The van der Waals surface area contributed by atoms with Crippen LogP contribution >= 0.6 is 0 Å². The molecule has 0 unspecified atom stereocenters. The van der Waals surface area contributed by atoms with Crippen LogP contribution < -0.4 is 42.0 Å². The van der Waals surface area contributed by atoms with E-state index in [0.29, 0.717) is 0 Å². The van der Waals surface area contributed by atoms with Gasteiger partial charge in [-0.3, -0.25) is 0 Å². The average molecular weight is 313 g/mol. The van der Waals surface area contributed by atoms with Crippen molar-refractivity contribution in [2.45, 2.75) is 117 Å². The minimum absolute atomic E-state index is 0. The van der Waals surface area contributed by atoms with E-state index in [4.69, 9.17) is 0 Å². The maximum atomic E-state index is 2.29. The van der Waals surface area contributed by atoms with Crippen LogP contribution in [0.5, 0.6) is 0 Å². The van der Waals surface area contributed by atoms with Crippen molar-refractivity contribution >= 4 is 0 Å². The van der Waals surface area contributed by atoms with E-state index in [1.54, 1.807) is 0 Å². The van der Waals surface area contributed by atoms with Crippen LogP contribution in [-0.4, -0.2) is 0 Å². The molecule has 0 saturated heterocycles. The second kappa shape index (κ2) is 25.3. The van der Waals surface area contributed by atoms with Gasteiger partial charge < -0.3 is 12.4 Å². The van der Waals surface area contributed by atoms with Crippen LogP contribution in [0.25, 0.3) is 0 Å². The third-order valence-electron chi connectivity index (χ3n) is 3.96. The molecule has 0 bridgehead atoms. The molecule has 0 aromatic heterocycles. The van der Waals surface area contributed by atoms with Crippen molar-refractivity contribution < 1.29 is 42.0 Å². The molecule has 118 valence electrons. The molecule has 0 aromatic rings. The van der Waals surface area contributed by atoms with Gasteiger partial charge in [-0.1, -0.05) is 117 Å². The van der Waals surface area contributed by atoms with Gasteiger partial charge in [-0.15, -0.1) is 0 Å². The van der Waals surface area contributed by atoms with Crippen LogP contribution in [0.15, 0.2) is 0 Å². The smallest absolute Gasteiger partial charge is 1.00 e. The Labute approximate surface area is 158 Å². The van der Waals surface area contributed by atoms with Gasteiger partial charge in [0, 0.05) is 0 Å². The second-order valence-corrected chi connectivity index (χ2v) is 5.95.